The molecule has 0 amide bonds. The van der Waals surface area contributed by atoms with E-state index in [1.165, 1.54) is 27.5 Å². The van der Waals surface area contributed by atoms with E-state index in [1.54, 1.807) is 21.6 Å². The van der Waals surface area contributed by atoms with Crippen LogP contribution in [0.2, 0.25) is 0 Å². The van der Waals surface area contributed by atoms with E-state index in [2.05, 4.69) is 81.5 Å². The van der Waals surface area contributed by atoms with Crippen LogP contribution in [0.4, 0.5) is 0 Å². The Morgan fingerprint density at radius 3 is 2.00 bits per heavy atom. The first kappa shape index (κ1) is 31.1. The first-order valence-corrected chi connectivity index (χ1v) is 13.7. The third-order valence-electron chi connectivity index (χ3n) is 2.87. The maximum absolute atomic E-state index is 3.19. The molecule has 3 rings (SSSR count). The Bertz CT molecular complexity index is 567. The number of benzene rings is 1. The van der Waals surface area contributed by atoms with Crippen molar-refractivity contribution < 1.29 is 21.6 Å². The second-order valence-corrected chi connectivity index (χ2v) is 4.69. The molecule has 0 spiro atoms. The molecule has 0 aromatic heterocycles. The van der Waals surface area contributed by atoms with Gasteiger partial charge in [0.1, 0.15) is 0 Å². The molecule has 0 unspecified atom stereocenters. The second kappa shape index (κ2) is 17.1. The number of allylic oxidation sites excluding steroid dienone is 4. The summed E-state index contributed by atoms with van der Waals surface area (Å²) in [7, 11) is 0. The van der Waals surface area contributed by atoms with Gasteiger partial charge in [-0.3, -0.25) is 6.08 Å². The van der Waals surface area contributed by atoms with Crippen LogP contribution in [-0.4, -0.2) is 12.1 Å². The van der Waals surface area contributed by atoms with Gasteiger partial charge in [-0.1, -0.05) is 26.8 Å². The molecule has 0 saturated carbocycles. The monoisotopic (exact) mass is 488 g/mol. The van der Waals surface area contributed by atoms with Crippen molar-refractivity contribution in [1.82, 2.24) is 0 Å². The molecule has 2 radical (unpaired) electrons. The molecule has 0 aliphatic heterocycles. The van der Waals surface area contributed by atoms with Gasteiger partial charge in [0.05, 0.1) is 0 Å². The molecule has 128 valence electrons. The molecular weight excluding hydrogens is 463 g/mol. The molecule has 1 aliphatic carbocycles. The van der Waals surface area contributed by atoms with Gasteiger partial charge < -0.3 is 14.9 Å². The molecular formula is C19H26Cl2GeZr-4. The Morgan fingerprint density at radius 1 is 1.04 bits per heavy atom. The summed E-state index contributed by atoms with van der Waals surface area (Å²) in [5.41, 5.74) is 4.07. The number of hydrogen-bond donors (Lipinski definition) is 0. The second-order valence-electron chi connectivity index (χ2n) is 4.69. The van der Waals surface area contributed by atoms with Crippen molar-refractivity contribution >= 4 is 47.7 Å². The summed E-state index contributed by atoms with van der Waals surface area (Å²) in [6.45, 7) is 6.33. The van der Waals surface area contributed by atoms with Crippen LogP contribution in [0.15, 0.2) is 53.6 Å². The van der Waals surface area contributed by atoms with Crippen LogP contribution in [-0.2, 0) is 21.6 Å². The van der Waals surface area contributed by atoms with Gasteiger partial charge in [-0.2, -0.15) is 11.6 Å². The van der Waals surface area contributed by atoms with Crippen LogP contribution < -0.4 is 0 Å². The first-order chi connectivity index (χ1) is 9.15. The fourth-order valence-electron chi connectivity index (χ4n) is 2.06. The summed E-state index contributed by atoms with van der Waals surface area (Å²) in [5.74, 6) is 0. The zero-order valence-electron chi connectivity index (χ0n) is 14.6. The van der Waals surface area contributed by atoms with E-state index < -0.39 is 0 Å². The Morgan fingerprint density at radius 2 is 1.61 bits per heavy atom. The minimum atomic E-state index is 0. The van der Waals surface area contributed by atoms with Gasteiger partial charge in [-0.05, 0) is 0 Å². The molecule has 0 atom stereocenters. The summed E-state index contributed by atoms with van der Waals surface area (Å²) < 4.78 is 0. The number of hydrogen-bond acceptors (Lipinski definition) is 0. The predicted octanol–water partition coefficient (Wildman–Crippen LogP) is 6.31. The molecule has 0 saturated heterocycles. The Labute approximate surface area is 175 Å². The van der Waals surface area contributed by atoms with Crippen LogP contribution >= 0.6 is 24.8 Å². The van der Waals surface area contributed by atoms with E-state index >= 15 is 0 Å². The van der Waals surface area contributed by atoms with Gasteiger partial charge in [0.2, 0.25) is 0 Å². The molecule has 1 aliphatic rings. The Hall–Kier alpha value is 0.316. The van der Waals surface area contributed by atoms with Crippen molar-refractivity contribution in [2.75, 3.05) is 0 Å². The number of aryl methyl sites for hydroxylation is 1. The van der Waals surface area contributed by atoms with Crippen LogP contribution in [0.25, 0.3) is 10.8 Å². The molecule has 0 fully saturated rings. The van der Waals surface area contributed by atoms with E-state index in [1.807, 2.05) is 0 Å². The number of fused-ring (bicyclic) bond motifs is 1. The molecule has 0 bridgehead atoms. The van der Waals surface area contributed by atoms with Crippen LogP contribution in [0.5, 0.6) is 0 Å². The molecule has 4 heteroatoms. The zero-order valence-corrected chi connectivity index (χ0v) is 20.8. The molecule has 0 N–H and O–H groups in total. The van der Waals surface area contributed by atoms with E-state index in [0.717, 1.165) is 6.42 Å². The normalized spacial score (nSPS) is 10.5. The summed E-state index contributed by atoms with van der Waals surface area (Å²) >= 11 is 3.64. The van der Waals surface area contributed by atoms with Gasteiger partial charge in [-0.15, -0.1) is 71.8 Å². The average Bonchev–Trinajstić information content (AvgIpc) is 2.96. The van der Waals surface area contributed by atoms with Crippen molar-refractivity contribution in [1.29, 1.82) is 0 Å². The fourth-order valence-corrected chi connectivity index (χ4v) is 2.06. The van der Waals surface area contributed by atoms with Gasteiger partial charge in [0.15, 0.2) is 0 Å². The van der Waals surface area contributed by atoms with E-state index in [9.17, 15) is 0 Å². The van der Waals surface area contributed by atoms with Gasteiger partial charge >= 0.3 is 33.7 Å². The van der Waals surface area contributed by atoms with Crippen LogP contribution in [0.1, 0.15) is 25.8 Å². The first-order valence-electron chi connectivity index (χ1n) is 6.27. The number of halogens is 2. The third-order valence-corrected chi connectivity index (χ3v) is 2.87. The summed E-state index contributed by atoms with van der Waals surface area (Å²) in [6.07, 6.45) is 6.41. The van der Waals surface area contributed by atoms with E-state index in [4.69, 9.17) is 0 Å². The summed E-state index contributed by atoms with van der Waals surface area (Å²) in [4.78, 5) is 0. The van der Waals surface area contributed by atoms with Crippen molar-refractivity contribution in [2.45, 2.75) is 27.2 Å². The van der Waals surface area contributed by atoms with Crippen LogP contribution in [0, 0.1) is 27.9 Å². The quantitative estimate of drug-likeness (QED) is 0.301. The predicted molar refractivity (Wildman–Crippen MR) is 108 cm³/mol. The zero-order chi connectivity index (χ0) is 14.3. The SMILES string of the molecule is CC1=[C-]CC(C)=C1.Cc1cc2ccccc2[cH-]1.Cl.Cl.[CH3-].[CH3-].[Ge]=[Zr]. The van der Waals surface area contributed by atoms with Crippen molar-refractivity contribution in [3.8, 4) is 0 Å². The van der Waals surface area contributed by atoms with Crippen molar-refractivity contribution in [3.63, 3.8) is 0 Å². The van der Waals surface area contributed by atoms with Gasteiger partial charge in [0, 0.05) is 0 Å². The molecule has 2 aromatic carbocycles. The molecule has 2 aromatic rings. The number of rotatable bonds is 0. The fraction of sp³-hybridized carbons (Fsp3) is 0.211. The van der Waals surface area contributed by atoms with Gasteiger partial charge in [-0.25, -0.2) is 11.6 Å². The standard InChI is InChI=1S/C10H9.C7H9.2CH3.2ClH.Ge.Zr/c1-8-6-9-4-2-3-5-10(9)7-8;1-6-3-4-7(2)5-6;;;;;;/h2-7H,1H3;5H,3H2,1-2H3;2*1H3;2*1H;;/q4*-1;;;;. The van der Waals surface area contributed by atoms with E-state index in [0.29, 0.717) is 0 Å². The Kier molecular flexibility index (Phi) is 23.2. The van der Waals surface area contributed by atoms with Crippen molar-refractivity contribution in [3.05, 3.63) is 80.1 Å². The molecule has 23 heavy (non-hydrogen) atoms. The molecule has 0 nitrogen and oxygen atoms in total. The molecule has 0 heterocycles. The van der Waals surface area contributed by atoms with Crippen LogP contribution in [0.3, 0.4) is 0 Å². The topological polar surface area (TPSA) is 0 Å². The summed E-state index contributed by atoms with van der Waals surface area (Å²) in [5, 5.41) is 2.69. The van der Waals surface area contributed by atoms with Crippen molar-refractivity contribution in [2.24, 2.45) is 0 Å². The third kappa shape index (κ3) is 11.5. The minimum absolute atomic E-state index is 0. The van der Waals surface area contributed by atoms with E-state index in [-0.39, 0.29) is 39.7 Å². The van der Waals surface area contributed by atoms with Gasteiger partial charge in [0.25, 0.3) is 0 Å². The average molecular weight is 489 g/mol. The summed E-state index contributed by atoms with van der Waals surface area (Å²) in [6, 6.07) is 12.8. The Balaban J connectivity index is -0.000000126. The maximum atomic E-state index is 3.19.